The molecule has 7 nitrogen and oxygen atoms in total. The molecular formula is C24H13N5O2. The summed E-state index contributed by atoms with van der Waals surface area (Å²) in [7, 11) is 0. The summed E-state index contributed by atoms with van der Waals surface area (Å²) in [4.78, 5) is 24.0. The summed E-state index contributed by atoms with van der Waals surface area (Å²) in [6.45, 7) is 0. The van der Waals surface area contributed by atoms with E-state index in [1.807, 2.05) is 0 Å². The summed E-state index contributed by atoms with van der Waals surface area (Å²) >= 11 is 0. The number of aromatic carboxylic acids is 1. The van der Waals surface area contributed by atoms with E-state index < -0.39 is 5.97 Å². The van der Waals surface area contributed by atoms with E-state index in [0.29, 0.717) is 33.6 Å². The van der Waals surface area contributed by atoms with Crippen LogP contribution in [0.25, 0.3) is 33.6 Å². The van der Waals surface area contributed by atoms with Crippen molar-refractivity contribution in [1.29, 1.82) is 10.5 Å². The van der Waals surface area contributed by atoms with Crippen LogP contribution < -0.4 is 0 Å². The summed E-state index contributed by atoms with van der Waals surface area (Å²) in [6.07, 6.45) is 6.40. The van der Waals surface area contributed by atoms with Gasteiger partial charge in [-0.1, -0.05) is 12.1 Å². The normalized spacial score (nSPS) is 10.1. The van der Waals surface area contributed by atoms with Crippen LogP contribution in [-0.4, -0.2) is 26.0 Å². The van der Waals surface area contributed by atoms with Gasteiger partial charge in [0.2, 0.25) is 0 Å². The van der Waals surface area contributed by atoms with E-state index in [-0.39, 0.29) is 16.7 Å². The predicted octanol–water partition coefficient (Wildman–Crippen LogP) is 4.31. The minimum absolute atomic E-state index is 0.110. The second-order valence-electron chi connectivity index (χ2n) is 6.51. The molecule has 0 unspecified atom stereocenters. The molecule has 1 aromatic carbocycles. The average molecular weight is 403 g/mol. The Morgan fingerprint density at radius 3 is 1.55 bits per heavy atom. The molecule has 7 heteroatoms. The summed E-state index contributed by atoms with van der Waals surface area (Å²) in [5.41, 5.74) is 3.68. The Bertz CT molecular complexity index is 1280. The van der Waals surface area contributed by atoms with Crippen molar-refractivity contribution in [3.63, 3.8) is 0 Å². The molecule has 4 aromatic rings. The van der Waals surface area contributed by atoms with Crippen molar-refractivity contribution in [1.82, 2.24) is 15.0 Å². The van der Waals surface area contributed by atoms with Gasteiger partial charge >= 0.3 is 5.97 Å². The summed E-state index contributed by atoms with van der Waals surface area (Å²) < 4.78 is 0. The molecule has 3 heterocycles. The summed E-state index contributed by atoms with van der Waals surface area (Å²) in [6, 6.07) is 17.4. The van der Waals surface area contributed by atoms with E-state index in [4.69, 9.17) is 4.98 Å². The number of carboxylic acid groups (broad SMARTS) is 1. The molecule has 0 amide bonds. The smallest absolute Gasteiger partial charge is 0.335 e. The highest BCUT2D eigenvalue weighted by molar-refractivity contribution is 5.91. The van der Waals surface area contributed by atoms with Gasteiger partial charge in [0, 0.05) is 41.5 Å². The van der Waals surface area contributed by atoms with Gasteiger partial charge in [0.05, 0.1) is 28.1 Å². The highest BCUT2D eigenvalue weighted by Crippen LogP contribution is 2.38. The number of carbonyl (C=O) groups is 1. The molecule has 3 aromatic heterocycles. The van der Waals surface area contributed by atoms with Crippen molar-refractivity contribution in [2.45, 2.75) is 0 Å². The second kappa shape index (κ2) is 8.24. The van der Waals surface area contributed by atoms with Crippen LogP contribution in [0.3, 0.4) is 0 Å². The highest BCUT2D eigenvalue weighted by Gasteiger charge is 2.23. The minimum Gasteiger partial charge on any atom is -0.478 e. The van der Waals surface area contributed by atoms with Gasteiger partial charge in [-0.05, 0) is 42.0 Å². The molecule has 0 fully saturated rings. The van der Waals surface area contributed by atoms with Gasteiger partial charge in [0.15, 0.2) is 0 Å². The number of hydrogen-bond acceptors (Lipinski definition) is 6. The number of rotatable bonds is 4. The van der Waals surface area contributed by atoms with E-state index in [1.165, 1.54) is 12.1 Å². The Kier molecular flexibility index (Phi) is 5.16. The number of nitrogens with zero attached hydrogens (tertiary/aromatic N) is 5. The van der Waals surface area contributed by atoms with Gasteiger partial charge in [-0.25, -0.2) is 9.78 Å². The number of nitriles is 2. The maximum atomic E-state index is 11.2. The molecule has 0 saturated heterocycles. The van der Waals surface area contributed by atoms with Crippen LogP contribution >= 0.6 is 0 Å². The van der Waals surface area contributed by atoms with E-state index >= 15 is 0 Å². The summed E-state index contributed by atoms with van der Waals surface area (Å²) in [5, 5.41) is 29.3. The van der Waals surface area contributed by atoms with Crippen LogP contribution in [0.4, 0.5) is 0 Å². The lowest BCUT2D eigenvalue weighted by Gasteiger charge is -2.15. The number of benzene rings is 1. The quantitative estimate of drug-likeness (QED) is 0.538. The molecule has 0 bridgehead atoms. The number of pyridine rings is 3. The first-order valence-electron chi connectivity index (χ1n) is 9.16. The zero-order valence-electron chi connectivity index (χ0n) is 16.0. The van der Waals surface area contributed by atoms with Crippen LogP contribution in [0.15, 0.2) is 73.3 Å². The maximum absolute atomic E-state index is 11.2. The third kappa shape index (κ3) is 3.59. The van der Waals surface area contributed by atoms with Gasteiger partial charge in [-0.2, -0.15) is 10.5 Å². The molecule has 0 atom stereocenters. The zero-order valence-corrected chi connectivity index (χ0v) is 16.0. The first kappa shape index (κ1) is 19.4. The third-order valence-corrected chi connectivity index (χ3v) is 4.75. The van der Waals surface area contributed by atoms with E-state index in [2.05, 4.69) is 22.1 Å². The lowest BCUT2D eigenvalue weighted by Crippen LogP contribution is -2.02. The fourth-order valence-corrected chi connectivity index (χ4v) is 3.31. The molecule has 0 radical (unpaired) electrons. The van der Waals surface area contributed by atoms with Crippen molar-refractivity contribution in [2.24, 2.45) is 0 Å². The van der Waals surface area contributed by atoms with Crippen LogP contribution in [0.2, 0.25) is 0 Å². The highest BCUT2D eigenvalue weighted by atomic mass is 16.4. The molecule has 0 aliphatic rings. The molecule has 0 saturated carbocycles. The Labute approximate surface area is 177 Å². The third-order valence-electron chi connectivity index (χ3n) is 4.75. The minimum atomic E-state index is -1.06. The van der Waals surface area contributed by atoms with Crippen LogP contribution in [0, 0.1) is 22.7 Å². The van der Waals surface area contributed by atoms with E-state index in [0.717, 1.165) is 0 Å². The van der Waals surface area contributed by atoms with Crippen molar-refractivity contribution < 1.29 is 9.90 Å². The topological polar surface area (TPSA) is 124 Å². The van der Waals surface area contributed by atoms with Crippen molar-refractivity contribution >= 4 is 5.97 Å². The average Bonchev–Trinajstić information content (AvgIpc) is 2.83. The molecule has 31 heavy (non-hydrogen) atoms. The largest absolute Gasteiger partial charge is 0.478 e. The Morgan fingerprint density at radius 1 is 0.710 bits per heavy atom. The Hall–Kier alpha value is -4.88. The van der Waals surface area contributed by atoms with Gasteiger partial charge in [0.25, 0.3) is 0 Å². The van der Waals surface area contributed by atoms with E-state index in [1.54, 1.807) is 61.2 Å². The monoisotopic (exact) mass is 403 g/mol. The van der Waals surface area contributed by atoms with Gasteiger partial charge in [-0.3, -0.25) is 9.97 Å². The Balaban J connectivity index is 2.10. The molecule has 0 spiro atoms. The molecule has 0 aliphatic carbocycles. The second-order valence-corrected chi connectivity index (χ2v) is 6.51. The predicted molar refractivity (Wildman–Crippen MR) is 113 cm³/mol. The fourth-order valence-electron chi connectivity index (χ4n) is 3.31. The van der Waals surface area contributed by atoms with Crippen LogP contribution in [0.1, 0.15) is 21.5 Å². The number of aromatic nitrogens is 3. The first-order chi connectivity index (χ1) is 15.1. The summed E-state index contributed by atoms with van der Waals surface area (Å²) in [5.74, 6) is -1.06. The van der Waals surface area contributed by atoms with Crippen molar-refractivity contribution in [2.75, 3.05) is 0 Å². The lowest BCUT2D eigenvalue weighted by molar-refractivity contribution is 0.0697. The van der Waals surface area contributed by atoms with Crippen LogP contribution in [-0.2, 0) is 0 Å². The molecule has 146 valence electrons. The lowest BCUT2D eigenvalue weighted by atomic mass is 9.89. The van der Waals surface area contributed by atoms with Gasteiger partial charge in [-0.15, -0.1) is 0 Å². The first-order valence-corrected chi connectivity index (χ1v) is 9.16. The van der Waals surface area contributed by atoms with Gasteiger partial charge in [0.1, 0.15) is 12.1 Å². The number of carboxylic acids is 1. The van der Waals surface area contributed by atoms with Crippen molar-refractivity contribution in [3.05, 3.63) is 90.0 Å². The molecular weight excluding hydrogens is 390 g/mol. The maximum Gasteiger partial charge on any atom is 0.335 e. The van der Waals surface area contributed by atoms with E-state index in [9.17, 15) is 20.4 Å². The fraction of sp³-hybridized carbons (Fsp3) is 0. The van der Waals surface area contributed by atoms with Crippen molar-refractivity contribution in [3.8, 4) is 45.8 Å². The molecule has 0 aliphatic heterocycles. The Morgan fingerprint density at radius 2 is 1.16 bits per heavy atom. The molecule has 4 rings (SSSR count). The van der Waals surface area contributed by atoms with Crippen LogP contribution in [0.5, 0.6) is 0 Å². The zero-order chi connectivity index (χ0) is 21.8. The molecule has 1 N–H and O–H groups in total. The number of hydrogen-bond donors (Lipinski definition) is 1. The standard InChI is InChI=1S/C24H13N5O2/c25-13-19-21(15-1-3-18(4-2-15)24(30)31)20(14-26)23(17-7-11-28-12-8-17)29-22(19)16-5-9-27-10-6-16/h1-12H,(H,30,31). The SMILES string of the molecule is N#Cc1c(-c2ccncc2)nc(-c2ccncc2)c(C#N)c1-c1ccc(C(=O)O)cc1. The van der Waals surface area contributed by atoms with Gasteiger partial charge < -0.3 is 5.11 Å².